The molecule has 0 heterocycles. The van der Waals surface area contributed by atoms with Crippen LogP contribution in [0.15, 0.2) is 23.3 Å². The molecule has 0 aromatic heterocycles. The van der Waals surface area contributed by atoms with Crippen LogP contribution in [0.3, 0.4) is 0 Å². The fourth-order valence-electron chi connectivity index (χ4n) is 4.05. The van der Waals surface area contributed by atoms with Crippen LogP contribution >= 0.6 is 0 Å². The third-order valence-corrected chi connectivity index (χ3v) is 6.13. The number of hydrogen-bond donors (Lipinski definition) is 0. The lowest BCUT2D eigenvalue weighted by molar-refractivity contribution is 0.448. The van der Waals surface area contributed by atoms with Gasteiger partial charge in [0.15, 0.2) is 0 Å². The van der Waals surface area contributed by atoms with Crippen LogP contribution in [0.4, 0.5) is 0 Å². The van der Waals surface area contributed by atoms with E-state index in [9.17, 15) is 0 Å². The van der Waals surface area contributed by atoms with Crippen LogP contribution in [-0.4, -0.2) is 0 Å². The summed E-state index contributed by atoms with van der Waals surface area (Å²) in [7, 11) is 0. The fraction of sp³-hybridized carbons (Fsp3) is 0.833. The van der Waals surface area contributed by atoms with Gasteiger partial charge in [0.2, 0.25) is 0 Å². The number of hydrogen-bond acceptors (Lipinski definition) is 0. The average molecular weight is 333 g/mol. The molecule has 3 atom stereocenters. The Morgan fingerprint density at radius 1 is 1.12 bits per heavy atom. The summed E-state index contributed by atoms with van der Waals surface area (Å²) in [5.41, 5.74) is 3.38. The van der Waals surface area contributed by atoms with E-state index < -0.39 is 0 Å². The molecule has 0 aromatic carbocycles. The van der Waals surface area contributed by atoms with Crippen molar-refractivity contribution in [2.45, 2.75) is 112 Å². The minimum Gasteiger partial charge on any atom is -0.0850 e. The smallest absolute Gasteiger partial charge is 0.0163 e. The van der Waals surface area contributed by atoms with Crippen molar-refractivity contribution in [2.24, 2.45) is 17.8 Å². The molecule has 0 amide bonds. The summed E-state index contributed by atoms with van der Waals surface area (Å²) in [6.45, 7) is 11.8. The van der Waals surface area contributed by atoms with Gasteiger partial charge in [-0.15, -0.1) is 0 Å². The lowest BCUT2D eigenvalue weighted by atomic mass is 9.78. The summed E-state index contributed by atoms with van der Waals surface area (Å²) in [6, 6.07) is 0. The molecule has 0 heteroatoms. The number of allylic oxidation sites excluding steroid dienone is 4. The largest absolute Gasteiger partial charge is 0.0850 e. The molecule has 0 saturated carbocycles. The van der Waals surface area contributed by atoms with E-state index in [4.69, 9.17) is 0 Å². The van der Waals surface area contributed by atoms with Gasteiger partial charge in [0.05, 0.1) is 0 Å². The highest BCUT2D eigenvalue weighted by Gasteiger charge is 2.20. The molecule has 140 valence electrons. The highest BCUT2D eigenvalue weighted by molar-refractivity contribution is 5.16. The third-order valence-electron chi connectivity index (χ3n) is 6.13. The topological polar surface area (TPSA) is 0 Å². The first-order valence-corrected chi connectivity index (χ1v) is 10.9. The van der Waals surface area contributed by atoms with E-state index >= 15 is 0 Å². The van der Waals surface area contributed by atoms with Gasteiger partial charge in [-0.1, -0.05) is 89.5 Å². The van der Waals surface area contributed by atoms with Crippen molar-refractivity contribution in [3.05, 3.63) is 23.3 Å². The van der Waals surface area contributed by atoms with Gasteiger partial charge >= 0.3 is 0 Å². The molecule has 24 heavy (non-hydrogen) atoms. The van der Waals surface area contributed by atoms with Crippen LogP contribution in [0.2, 0.25) is 0 Å². The van der Waals surface area contributed by atoms with Crippen molar-refractivity contribution >= 4 is 0 Å². The van der Waals surface area contributed by atoms with Crippen LogP contribution < -0.4 is 0 Å². The minimum absolute atomic E-state index is 0.770. The highest BCUT2D eigenvalue weighted by Crippen LogP contribution is 2.34. The quantitative estimate of drug-likeness (QED) is 0.248. The molecule has 1 unspecified atom stereocenters. The summed E-state index contributed by atoms with van der Waals surface area (Å²) >= 11 is 0. The molecule has 0 fully saturated rings. The average Bonchev–Trinajstić information content (AvgIpc) is 2.59. The molecule has 1 aliphatic carbocycles. The first kappa shape index (κ1) is 21.5. The van der Waals surface area contributed by atoms with Crippen molar-refractivity contribution < 1.29 is 0 Å². The zero-order valence-corrected chi connectivity index (χ0v) is 17.4. The molecule has 0 aromatic rings. The van der Waals surface area contributed by atoms with E-state index in [2.05, 4.69) is 46.8 Å². The Morgan fingerprint density at radius 2 is 1.88 bits per heavy atom. The molecule has 1 rings (SSSR count). The van der Waals surface area contributed by atoms with Gasteiger partial charge in [0, 0.05) is 0 Å². The summed E-state index contributed by atoms with van der Waals surface area (Å²) < 4.78 is 0. The van der Waals surface area contributed by atoms with E-state index in [0.717, 1.165) is 17.8 Å². The predicted octanol–water partition coefficient (Wildman–Crippen LogP) is 8.48. The molecular formula is C24H44. The minimum atomic E-state index is 0.770. The second-order valence-corrected chi connectivity index (χ2v) is 8.42. The van der Waals surface area contributed by atoms with E-state index in [0.29, 0.717) is 0 Å². The standard InChI is InChI=1S/C24H44/c1-6-8-9-10-11-13-20(3)14-12-15-24(22(5)7-2)23-18-16-21(4)17-19-23/h15-16,20,22-23H,6-14,17-19H2,1-5H3/b24-15+/t20-,22+,23?/m1/s1. The Balaban J connectivity index is 2.39. The molecule has 0 radical (unpaired) electrons. The molecule has 0 aliphatic heterocycles. The number of unbranched alkanes of at least 4 members (excludes halogenated alkanes) is 4. The summed E-state index contributed by atoms with van der Waals surface area (Å²) in [5, 5.41) is 0. The first-order chi connectivity index (χ1) is 11.6. The van der Waals surface area contributed by atoms with Gasteiger partial charge in [-0.05, 0) is 63.2 Å². The van der Waals surface area contributed by atoms with E-state index in [1.165, 1.54) is 77.0 Å². The van der Waals surface area contributed by atoms with E-state index in [-0.39, 0.29) is 0 Å². The Hall–Kier alpha value is -0.520. The Morgan fingerprint density at radius 3 is 2.50 bits per heavy atom. The zero-order chi connectivity index (χ0) is 17.8. The Labute approximate surface area is 153 Å². The maximum absolute atomic E-state index is 2.64. The number of rotatable bonds is 12. The van der Waals surface area contributed by atoms with Crippen LogP contribution in [0, 0.1) is 17.8 Å². The Kier molecular flexibility index (Phi) is 11.5. The summed E-state index contributed by atoms with van der Waals surface area (Å²) in [4.78, 5) is 0. The molecule has 0 nitrogen and oxygen atoms in total. The van der Waals surface area contributed by atoms with Crippen LogP contribution in [0.5, 0.6) is 0 Å². The van der Waals surface area contributed by atoms with Gasteiger partial charge < -0.3 is 0 Å². The second kappa shape index (κ2) is 12.8. The third kappa shape index (κ3) is 8.54. The molecule has 0 spiro atoms. The van der Waals surface area contributed by atoms with Gasteiger partial charge in [-0.3, -0.25) is 0 Å². The summed E-state index contributed by atoms with van der Waals surface area (Å²) in [5.74, 6) is 2.49. The van der Waals surface area contributed by atoms with Crippen molar-refractivity contribution in [2.75, 3.05) is 0 Å². The van der Waals surface area contributed by atoms with Crippen LogP contribution in [-0.2, 0) is 0 Å². The predicted molar refractivity (Wildman–Crippen MR) is 110 cm³/mol. The molecular weight excluding hydrogens is 288 g/mol. The van der Waals surface area contributed by atoms with Gasteiger partial charge in [-0.2, -0.15) is 0 Å². The van der Waals surface area contributed by atoms with Crippen molar-refractivity contribution in [1.82, 2.24) is 0 Å². The lowest BCUT2D eigenvalue weighted by Crippen LogP contribution is -2.13. The van der Waals surface area contributed by atoms with Crippen LogP contribution in [0.25, 0.3) is 0 Å². The van der Waals surface area contributed by atoms with Crippen molar-refractivity contribution in [3.63, 3.8) is 0 Å². The molecule has 0 N–H and O–H groups in total. The molecule has 0 bridgehead atoms. The van der Waals surface area contributed by atoms with Crippen molar-refractivity contribution in [1.29, 1.82) is 0 Å². The Bertz CT molecular complexity index is 373. The maximum atomic E-state index is 2.64. The molecule has 0 saturated heterocycles. The van der Waals surface area contributed by atoms with Gasteiger partial charge in [-0.25, -0.2) is 0 Å². The van der Waals surface area contributed by atoms with Gasteiger partial charge in [0.1, 0.15) is 0 Å². The summed E-state index contributed by atoms with van der Waals surface area (Å²) in [6.07, 6.45) is 21.6. The highest BCUT2D eigenvalue weighted by atomic mass is 14.3. The zero-order valence-electron chi connectivity index (χ0n) is 17.4. The van der Waals surface area contributed by atoms with E-state index in [1.807, 2.05) is 0 Å². The second-order valence-electron chi connectivity index (χ2n) is 8.42. The monoisotopic (exact) mass is 332 g/mol. The van der Waals surface area contributed by atoms with E-state index in [1.54, 1.807) is 11.1 Å². The van der Waals surface area contributed by atoms with Crippen LogP contribution in [0.1, 0.15) is 112 Å². The SMILES string of the molecule is CCCCCCC[C@@H](C)CC/C=C(/C1CC=C(C)CC1)[C@@H](C)CC. The normalized spacial score (nSPS) is 21.5. The first-order valence-electron chi connectivity index (χ1n) is 10.9. The van der Waals surface area contributed by atoms with Gasteiger partial charge in [0.25, 0.3) is 0 Å². The maximum Gasteiger partial charge on any atom is -0.0163 e. The fourth-order valence-corrected chi connectivity index (χ4v) is 4.05. The van der Waals surface area contributed by atoms with Crippen molar-refractivity contribution in [3.8, 4) is 0 Å². The molecule has 1 aliphatic rings. The lowest BCUT2D eigenvalue weighted by Gasteiger charge is -2.27.